The van der Waals surface area contributed by atoms with Crippen molar-refractivity contribution in [3.63, 3.8) is 0 Å². The Balaban J connectivity index is 2.02. The van der Waals surface area contributed by atoms with Crippen molar-refractivity contribution in [2.24, 2.45) is 41.4 Å². The Morgan fingerprint density at radius 3 is 1.29 bits per heavy atom. The molecule has 5 heteroatoms. The molecule has 3 saturated heterocycles. The number of hydrogen-bond donors (Lipinski definition) is 2. The quantitative estimate of drug-likeness (QED) is 0.294. The molecule has 0 aromatic carbocycles. The molecule has 5 nitrogen and oxygen atoms in total. The molecule has 6 unspecified atom stereocenters. The number of hydrogen-bond acceptors (Lipinski definition) is 5. The Bertz CT molecular complexity index is 880. The van der Waals surface area contributed by atoms with Crippen LogP contribution in [0.15, 0.2) is 0 Å². The summed E-state index contributed by atoms with van der Waals surface area (Å²) in [6.45, 7) is 35.0. The summed E-state index contributed by atoms with van der Waals surface area (Å²) in [5.74, 6) is 3.74. The fourth-order valence-electron chi connectivity index (χ4n) is 10.2. The number of piperidine rings is 3. The smallest absolute Gasteiger partial charge is 0.0464 e. The van der Waals surface area contributed by atoms with Crippen molar-refractivity contribution in [3.8, 4) is 0 Å². The van der Waals surface area contributed by atoms with Gasteiger partial charge in [0.05, 0.1) is 0 Å². The highest BCUT2D eigenvalue weighted by Gasteiger charge is 2.56. The van der Waals surface area contributed by atoms with Gasteiger partial charge < -0.3 is 10.4 Å². The summed E-state index contributed by atoms with van der Waals surface area (Å²) >= 11 is 0. The maximum atomic E-state index is 11.5. The molecule has 0 saturated carbocycles. The molecular weight excluding hydrogens is 518 g/mol. The molecule has 3 rings (SSSR count). The second-order valence-electron chi connectivity index (χ2n) is 19.0. The topological polar surface area (TPSA) is 50.2 Å². The fraction of sp³-hybridized carbons (Fsp3) is 1.00. The first kappa shape index (κ1) is 36.3. The van der Waals surface area contributed by atoms with E-state index in [0.717, 1.165) is 31.6 Å². The lowest BCUT2D eigenvalue weighted by Crippen LogP contribution is -2.65. The Labute approximate surface area is 262 Å². The Morgan fingerprint density at radius 1 is 0.548 bits per heavy atom. The van der Waals surface area contributed by atoms with E-state index in [4.69, 9.17) is 0 Å². The molecule has 42 heavy (non-hydrogen) atoms. The highest BCUT2D eigenvalue weighted by Crippen LogP contribution is 2.55. The largest absolute Gasteiger partial charge is 0.313 e. The molecule has 3 aliphatic heterocycles. The van der Waals surface area contributed by atoms with Gasteiger partial charge in [-0.2, -0.15) is 10.1 Å². The van der Waals surface area contributed by atoms with Crippen LogP contribution in [-0.2, 0) is 0 Å². The first-order chi connectivity index (χ1) is 18.8. The average Bonchev–Trinajstić information content (AvgIpc) is 2.83. The van der Waals surface area contributed by atoms with Crippen molar-refractivity contribution in [2.45, 2.75) is 188 Å². The van der Waals surface area contributed by atoms with Crippen molar-refractivity contribution in [1.29, 1.82) is 0 Å². The van der Waals surface area contributed by atoms with Crippen LogP contribution in [0.5, 0.6) is 0 Å². The minimum Gasteiger partial charge on any atom is -0.313 e. The molecule has 248 valence electrons. The predicted molar refractivity (Wildman–Crippen MR) is 178 cm³/mol. The van der Waals surface area contributed by atoms with Gasteiger partial charge in [0.25, 0.3) is 0 Å². The van der Waals surface area contributed by atoms with Crippen LogP contribution in [0.25, 0.3) is 0 Å². The fourth-order valence-corrected chi connectivity index (χ4v) is 10.2. The Hall–Kier alpha value is -0.200. The summed E-state index contributed by atoms with van der Waals surface area (Å²) in [5.41, 5.74) is -0.613. The van der Waals surface area contributed by atoms with E-state index in [-0.39, 0.29) is 33.2 Å². The number of rotatable bonds is 8. The van der Waals surface area contributed by atoms with Gasteiger partial charge in [-0.15, -0.1) is 0 Å². The van der Waals surface area contributed by atoms with Crippen molar-refractivity contribution in [1.82, 2.24) is 15.0 Å². The minimum absolute atomic E-state index is 0.193. The standard InChI is InChI=1S/C37H73N3O2/c1-25(2)35(13)20-28(19-32(7,8)38(35)16)17-18-31(29-21-33(9,10)39(41)36(14,23-29)26(3)4)30-22-34(11,12)40(42)37(15,24-30)27(5)6/h25-31,41-42H,17-24H2,1-16H3. The molecule has 3 aliphatic rings. The molecule has 2 N–H and O–H groups in total. The normalized spacial score (nSPS) is 40.6. The summed E-state index contributed by atoms with van der Waals surface area (Å²) in [7, 11) is 2.36. The molecule has 0 bridgehead atoms. The van der Waals surface area contributed by atoms with E-state index in [1.807, 2.05) is 0 Å². The molecule has 6 atom stereocenters. The average molecular weight is 592 g/mol. The van der Waals surface area contributed by atoms with Gasteiger partial charge in [0.1, 0.15) is 0 Å². The van der Waals surface area contributed by atoms with Crippen LogP contribution >= 0.6 is 0 Å². The van der Waals surface area contributed by atoms with E-state index in [2.05, 4.69) is 116 Å². The first-order valence-electron chi connectivity index (χ1n) is 17.6. The zero-order valence-corrected chi connectivity index (χ0v) is 30.9. The summed E-state index contributed by atoms with van der Waals surface area (Å²) < 4.78 is 0. The molecular formula is C37H73N3O2. The molecule has 0 radical (unpaired) electrons. The lowest BCUT2D eigenvalue weighted by Gasteiger charge is -2.60. The van der Waals surface area contributed by atoms with Crippen LogP contribution in [0.4, 0.5) is 0 Å². The zero-order valence-electron chi connectivity index (χ0n) is 30.9. The third kappa shape index (κ3) is 6.39. The van der Waals surface area contributed by atoms with Crippen LogP contribution in [-0.4, -0.2) is 65.7 Å². The van der Waals surface area contributed by atoms with E-state index in [1.54, 1.807) is 10.1 Å². The van der Waals surface area contributed by atoms with Crippen LogP contribution in [0.2, 0.25) is 0 Å². The Kier molecular flexibility index (Phi) is 10.2. The maximum Gasteiger partial charge on any atom is 0.0464 e. The summed E-state index contributed by atoms with van der Waals surface area (Å²) in [4.78, 5) is 2.68. The summed E-state index contributed by atoms with van der Waals surface area (Å²) in [6.07, 6.45) is 9.18. The van der Waals surface area contributed by atoms with Crippen molar-refractivity contribution >= 4 is 0 Å². The summed E-state index contributed by atoms with van der Waals surface area (Å²) in [5, 5.41) is 26.5. The van der Waals surface area contributed by atoms with E-state index in [1.165, 1.54) is 25.7 Å². The maximum absolute atomic E-state index is 11.5. The van der Waals surface area contributed by atoms with E-state index in [0.29, 0.717) is 35.5 Å². The van der Waals surface area contributed by atoms with Gasteiger partial charge in [0.2, 0.25) is 0 Å². The molecule has 0 spiro atoms. The molecule has 0 aliphatic carbocycles. The van der Waals surface area contributed by atoms with E-state index in [9.17, 15) is 10.4 Å². The number of likely N-dealkylation sites (tertiary alicyclic amines) is 1. The van der Waals surface area contributed by atoms with Crippen LogP contribution < -0.4 is 0 Å². The lowest BCUT2D eigenvalue weighted by atomic mass is 9.58. The molecule has 0 aromatic rings. The third-order valence-electron chi connectivity index (χ3n) is 14.0. The monoisotopic (exact) mass is 592 g/mol. The number of hydroxylamine groups is 4. The molecule has 0 aromatic heterocycles. The molecule has 0 amide bonds. The zero-order chi connectivity index (χ0) is 32.4. The van der Waals surface area contributed by atoms with Crippen molar-refractivity contribution in [2.75, 3.05) is 7.05 Å². The second-order valence-corrected chi connectivity index (χ2v) is 19.0. The van der Waals surface area contributed by atoms with Crippen molar-refractivity contribution < 1.29 is 10.4 Å². The van der Waals surface area contributed by atoms with Crippen LogP contribution in [0.3, 0.4) is 0 Å². The molecule has 3 fully saturated rings. The van der Waals surface area contributed by atoms with Gasteiger partial charge in [-0.3, -0.25) is 4.90 Å². The predicted octanol–water partition coefficient (Wildman–Crippen LogP) is 9.51. The SMILES string of the molecule is CC(C)C1(C)CC(CCC(C2CC(C)(C)N(O)C(C)(C(C)C)C2)C2CC(C)(C)N(O)C(C)(C(C)C)C2)CC(C)(C)N1C. The lowest BCUT2D eigenvalue weighted by molar-refractivity contribution is -0.283. The van der Waals surface area contributed by atoms with Gasteiger partial charge in [-0.1, -0.05) is 48.0 Å². The summed E-state index contributed by atoms with van der Waals surface area (Å²) in [6, 6.07) is 0. The highest BCUT2D eigenvalue weighted by molar-refractivity contribution is 5.07. The Morgan fingerprint density at radius 2 is 0.929 bits per heavy atom. The minimum atomic E-state index is -0.263. The van der Waals surface area contributed by atoms with E-state index < -0.39 is 0 Å². The van der Waals surface area contributed by atoms with Gasteiger partial charge in [-0.05, 0) is 156 Å². The van der Waals surface area contributed by atoms with Gasteiger partial charge in [-0.25, -0.2) is 0 Å². The number of nitrogens with zero attached hydrogens (tertiary/aromatic N) is 3. The van der Waals surface area contributed by atoms with E-state index >= 15 is 0 Å². The molecule has 3 heterocycles. The van der Waals surface area contributed by atoms with Gasteiger partial charge >= 0.3 is 0 Å². The second kappa shape index (κ2) is 11.9. The van der Waals surface area contributed by atoms with Gasteiger partial charge in [0.15, 0.2) is 0 Å². The van der Waals surface area contributed by atoms with Gasteiger partial charge in [0, 0.05) is 33.2 Å². The highest BCUT2D eigenvalue weighted by atomic mass is 16.5. The van der Waals surface area contributed by atoms with Crippen LogP contribution in [0.1, 0.15) is 155 Å². The first-order valence-corrected chi connectivity index (χ1v) is 17.6. The van der Waals surface area contributed by atoms with Crippen LogP contribution in [0, 0.1) is 41.4 Å². The third-order valence-corrected chi connectivity index (χ3v) is 14.0. The van der Waals surface area contributed by atoms with Crippen molar-refractivity contribution in [3.05, 3.63) is 0 Å².